The van der Waals surface area contributed by atoms with Gasteiger partial charge in [0.1, 0.15) is 0 Å². The average molecular weight is 576 g/mol. The van der Waals surface area contributed by atoms with Gasteiger partial charge >= 0.3 is 0 Å². The number of aliphatic hydroxyl groups excluding tert-OH is 2. The van der Waals surface area contributed by atoms with Crippen molar-refractivity contribution in [3.05, 3.63) is 36.5 Å². The maximum Gasteiger partial charge on any atom is 0.220 e. The smallest absolute Gasteiger partial charge is 0.220 e. The highest BCUT2D eigenvalue weighted by atomic mass is 16.3. The van der Waals surface area contributed by atoms with Crippen LogP contribution in [0, 0.1) is 0 Å². The van der Waals surface area contributed by atoms with Gasteiger partial charge in [0.2, 0.25) is 5.91 Å². The zero-order valence-corrected chi connectivity index (χ0v) is 26.8. The second-order valence-corrected chi connectivity index (χ2v) is 11.6. The van der Waals surface area contributed by atoms with E-state index in [9.17, 15) is 19.8 Å². The Balaban J connectivity index is 3.75. The Bertz CT molecular complexity index is 685. The maximum atomic E-state index is 12.3. The highest BCUT2D eigenvalue weighted by Crippen LogP contribution is 2.12. The summed E-state index contributed by atoms with van der Waals surface area (Å²) in [6.07, 6.45) is 36.2. The van der Waals surface area contributed by atoms with Gasteiger partial charge in [0.25, 0.3) is 0 Å². The van der Waals surface area contributed by atoms with Gasteiger partial charge in [0.05, 0.1) is 18.8 Å². The lowest BCUT2D eigenvalue weighted by Gasteiger charge is -2.20. The van der Waals surface area contributed by atoms with Crippen molar-refractivity contribution in [2.24, 2.45) is 0 Å². The molecule has 0 aliphatic rings. The predicted molar refractivity (Wildman–Crippen MR) is 175 cm³/mol. The first-order valence-electron chi connectivity index (χ1n) is 17.2. The monoisotopic (exact) mass is 575 g/mol. The molecule has 238 valence electrons. The van der Waals surface area contributed by atoms with Crippen LogP contribution in [0.1, 0.15) is 162 Å². The summed E-state index contributed by atoms with van der Waals surface area (Å²) in [5.41, 5.74) is 0. The molecular formula is C36H65NO4. The van der Waals surface area contributed by atoms with E-state index < -0.39 is 12.1 Å². The lowest BCUT2D eigenvalue weighted by molar-refractivity contribution is -0.123. The topological polar surface area (TPSA) is 86.6 Å². The summed E-state index contributed by atoms with van der Waals surface area (Å²) in [6.45, 7) is 4.12. The molecule has 0 rings (SSSR count). The number of allylic oxidation sites excluding steroid dienone is 5. The van der Waals surface area contributed by atoms with Gasteiger partial charge in [0.15, 0.2) is 5.78 Å². The van der Waals surface area contributed by atoms with E-state index in [1.54, 1.807) is 12.2 Å². The fourth-order valence-electron chi connectivity index (χ4n) is 4.86. The Morgan fingerprint density at radius 1 is 0.634 bits per heavy atom. The van der Waals surface area contributed by atoms with Crippen LogP contribution in [0.25, 0.3) is 0 Å². The largest absolute Gasteiger partial charge is 0.394 e. The Morgan fingerprint density at radius 2 is 1.12 bits per heavy atom. The summed E-state index contributed by atoms with van der Waals surface area (Å²) in [7, 11) is 0. The number of ketones is 1. The van der Waals surface area contributed by atoms with Crippen LogP contribution in [-0.2, 0) is 9.59 Å². The molecule has 2 atom stereocenters. The van der Waals surface area contributed by atoms with Crippen molar-refractivity contribution in [2.45, 2.75) is 174 Å². The van der Waals surface area contributed by atoms with Crippen molar-refractivity contribution >= 4 is 11.7 Å². The molecule has 0 aromatic heterocycles. The molecule has 0 fully saturated rings. The number of carbonyl (C=O) groups is 2. The predicted octanol–water partition coefficient (Wildman–Crippen LogP) is 9.07. The molecule has 0 aliphatic heterocycles. The summed E-state index contributed by atoms with van der Waals surface area (Å²) in [5.74, 6) is 0.0964. The van der Waals surface area contributed by atoms with Gasteiger partial charge in [-0.3, -0.25) is 9.59 Å². The molecule has 0 saturated heterocycles. The Morgan fingerprint density at radius 3 is 1.71 bits per heavy atom. The standard InChI is InChI=1S/C36H65NO4/c1-3-5-7-8-9-10-11-12-13-16-19-22-26-30-35(40)34(32-38)37-36(41)31-27-23-20-17-14-15-18-21-25-29-33(39)28-24-6-4-2/h18,21,25-26,29-30,34-35,38,40H,3-17,19-20,22-24,27-28,31-32H2,1-2H3,(H,37,41)/b21-18-,29-25+,30-26+/t34-,35+/m0/s1. The summed E-state index contributed by atoms with van der Waals surface area (Å²) < 4.78 is 0. The first-order valence-corrected chi connectivity index (χ1v) is 17.2. The average Bonchev–Trinajstić information content (AvgIpc) is 2.97. The van der Waals surface area contributed by atoms with Gasteiger partial charge in [-0.05, 0) is 44.6 Å². The number of unbranched alkanes of at least 4 members (excludes halogenated alkanes) is 18. The molecule has 0 aromatic rings. The lowest BCUT2D eigenvalue weighted by Crippen LogP contribution is -2.45. The van der Waals surface area contributed by atoms with E-state index >= 15 is 0 Å². The van der Waals surface area contributed by atoms with E-state index in [-0.39, 0.29) is 18.3 Å². The fraction of sp³-hybridized carbons (Fsp3) is 0.778. The Hall–Kier alpha value is -1.72. The van der Waals surface area contributed by atoms with Crippen LogP contribution < -0.4 is 5.32 Å². The number of hydrogen-bond donors (Lipinski definition) is 3. The van der Waals surface area contributed by atoms with Crippen LogP contribution in [-0.4, -0.2) is 40.7 Å². The summed E-state index contributed by atoms with van der Waals surface area (Å²) >= 11 is 0. The molecule has 0 unspecified atom stereocenters. The van der Waals surface area contributed by atoms with Crippen LogP contribution in [0.5, 0.6) is 0 Å². The van der Waals surface area contributed by atoms with E-state index in [2.05, 4.69) is 25.2 Å². The number of carbonyl (C=O) groups excluding carboxylic acids is 2. The molecule has 0 spiro atoms. The van der Waals surface area contributed by atoms with Gasteiger partial charge in [0, 0.05) is 12.8 Å². The van der Waals surface area contributed by atoms with E-state index in [1.807, 2.05) is 18.2 Å². The third-order valence-corrected chi connectivity index (χ3v) is 7.59. The van der Waals surface area contributed by atoms with Gasteiger partial charge in [-0.15, -0.1) is 0 Å². The minimum Gasteiger partial charge on any atom is -0.394 e. The SMILES string of the molecule is CCCCCCCCCCCCC/C=C/[C@@H](O)[C@H](CO)NC(=O)CCCCCCC/C=C\C=C\C(=O)CCCCC. The van der Waals surface area contributed by atoms with Crippen molar-refractivity contribution in [2.75, 3.05) is 6.61 Å². The molecule has 1 amide bonds. The first-order chi connectivity index (χ1) is 20.0. The second-order valence-electron chi connectivity index (χ2n) is 11.6. The molecule has 0 heterocycles. The Kier molecular flexibility index (Phi) is 29.9. The maximum absolute atomic E-state index is 12.3. The van der Waals surface area contributed by atoms with Crippen LogP contribution in [0.3, 0.4) is 0 Å². The third kappa shape index (κ3) is 28.2. The summed E-state index contributed by atoms with van der Waals surface area (Å²) in [6, 6.07) is -0.649. The molecule has 0 aromatic carbocycles. The zero-order valence-electron chi connectivity index (χ0n) is 26.8. The summed E-state index contributed by atoms with van der Waals surface area (Å²) in [5, 5.41) is 22.8. The number of aliphatic hydroxyl groups is 2. The zero-order chi connectivity index (χ0) is 30.2. The molecule has 0 bridgehead atoms. The van der Waals surface area contributed by atoms with Crippen LogP contribution in [0.2, 0.25) is 0 Å². The summed E-state index contributed by atoms with van der Waals surface area (Å²) in [4.78, 5) is 23.9. The van der Waals surface area contributed by atoms with Crippen LogP contribution >= 0.6 is 0 Å². The molecule has 41 heavy (non-hydrogen) atoms. The van der Waals surface area contributed by atoms with E-state index in [0.717, 1.165) is 70.6 Å². The lowest BCUT2D eigenvalue weighted by atomic mass is 10.0. The highest BCUT2D eigenvalue weighted by Gasteiger charge is 2.17. The molecule has 3 N–H and O–H groups in total. The van der Waals surface area contributed by atoms with E-state index in [0.29, 0.717) is 12.8 Å². The van der Waals surface area contributed by atoms with Crippen molar-refractivity contribution in [1.82, 2.24) is 5.32 Å². The van der Waals surface area contributed by atoms with Crippen molar-refractivity contribution in [1.29, 1.82) is 0 Å². The molecule has 0 aliphatic carbocycles. The van der Waals surface area contributed by atoms with Gasteiger partial charge in [-0.1, -0.05) is 141 Å². The van der Waals surface area contributed by atoms with Crippen molar-refractivity contribution in [3.63, 3.8) is 0 Å². The minimum atomic E-state index is -0.862. The number of hydrogen-bond acceptors (Lipinski definition) is 4. The van der Waals surface area contributed by atoms with Gasteiger partial charge in [-0.2, -0.15) is 0 Å². The third-order valence-electron chi connectivity index (χ3n) is 7.59. The van der Waals surface area contributed by atoms with Crippen LogP contribution in [0.4, 0.5) is 0 Å². The second kappa shape index (κ2) is 31.2. The van der Waals surface area contributed by atoms with E-state index in [4.69, 9.17) is 0 Å². The molecule has 0 saturated carbocycles. The minimum absolute atomic E-state index is 0.110. The first kappa shape index (κ1) is 39.3. The van der Waals surface area contributed by atoms with Gasteiger partial charge < -0.3 is 15.5 Å². The number of rotatable bonds is 30. The number of nitrogens with one attached hydrogen (secondary N) is 1. The van der Waals surface area contributed by atoms with Crippen molar-refractivity contribution in [3.8, 4) is 0 Å². The highest BCUT2D eigenvalue weighted by molar-refractivity contribution is 5.89. The molecular weight excluding hydrogens is 510 g/mol. The van der Waals surface area contributed by atoms with Gasteiger partial charge in [-0.25, -0.2) is 0 Å². The Labute approximate surface area is 253 Å². The van der Waals surface area contributed by atoms with E-state index in [1.165, 1.54) is 64.2 Å². The normalized spacial score (nSPS) is 13.5. The number of amides is 1. The molecule has 5 nitrogen and oxygen atoms in total. The molecule has 0 radical (unpaired) electrons. The van der Waals surface area contributed by atoms with Crippen LogP contribution in [0.15, 0.2) is 36.5 Å². The quantitative estimate of drug-likeness (QED) is 0.0345. The molecule has 5 heteroatoms. The fourth-order valence-corrected chi connectivity index (χ4v) is 4.86. The van der Waals surface area contributed by atoms with Crippen molar-refractivity contribution < 1.29 is 19.8 Å².